The number of rotatable bonds is 7. The van der Waals surface area contributed by atoms with Crippen LogP contribution < -0.4 is 10.6 Å². The molecule has 0 bridgehead atoms. The number of ether oxygens (including phenoxy) is 1. The van der Waals surface area contributed by atoms with Crippen molar-refractivity contribution >= 4 is 29.7 Å². The standard InChI is InChI=1S/C19H31ClN4O3/c1-8-19(9-2,12-21-17(26)27-18(4,5)6)22-15(25)11-10-14-13(3)23-24(7)16(14)20/h10-11H,8-9,12H2,1-7H3,(H,21,26)(H,22,25). The highest BCUT2D eigenvalue weighted by Crippen LogP contribution is 2.20. The number of aromatic nitrogens is 2. The molecule has 1 aromatic rings. The van der Waals surface area contributed by atoms with E-state index in [0.29, 0.717) is 23.6 Å². The van der Waals surface area contributed by atoms with E-state index in [1.54, 1.807) is 38.6 Å². The number of carbonyl (C=O) groups is 2. The molecule has 7 nitrogen and oxygen atoms in total. The van der Waals surface area contributed by atoms with Gasteiger partial charge in [0.05, 0.1) is 11.2 Å². The third kappa shape index (κ3) is 6.90. The monoisotopic (exact) mass is 398 g/mol. The van der Waals surface area contributed by atoms with E-state index in [1.807, 2.05) is 20.8 Å². The van der Waals surface area contributed by atoms with Crippen molar-refractivity contribution in [3.05, 3.63) is 22.5 Å². The predicted molar refractivity (Wildman–Crippen MR) is 108 cm³/mol. The van der Waals surface area contributed by atoms with Gasteiger partial charge in [0.1, 0.15) is 10.8 Å². The Morgan fingerprint density at radius 2 is 1.85 bits per heavy atom. The van der Waals surface area contributed by atoms with Gasteiger partial charge in [-0.05, 0) is 46.6 Å². The van der Waals surface area contributed by atoms with Crippen LogP contribution in [0.3, 0.4) is 0 Å². The fraction of sp³-hybridized carbons (Fsp3) is 0.632. The second kappa shape index (κ2) is 9.26. The number of alkyl carbamates (subject to hydrolysis) is 1. The number of amides is 2. The Balaban J connectivity index is 2.78. The van der Waals surface area contributed by atoms with Gasteiger partial charge >= 0.3 is 6.09 Å². The van der Waals surface area contributed by atoms with Gasteiger partial charge in [-0.15, -0.1) is 0 Å². The van der Waals surface area contributed by atoms with Gasteiger partial charge in [0, 0.05) is 25.2 Å². The molecule has 8 heteroatoms. The van der Waals surface area contributed by atoms with Crippen molar-refractivity contribution in [3.63, 3.8) is 0 Å². The third-order valence-corrected chi connectivity index (χ3v) is 4.76. The molecule has 27 heavy (non-hydrogen) atoms. The SMILES string of the molecule is CCC(CC)(CNC(=O)OC(C)(C)C)NC(=O)C=Cc1c(C)nn(C)c1Cl. The van der Waals surface area contributed by atoms with Gasteiger partial charge < -0.3 is 15.4 Å². The van der Waals surface area contributed by atoms with E-state index in [4.69, 9.17) is 16.3 Å². The molecule has 0 unspecified atom stereocenters. The molecule has 0 aliphatic heterocycles. The summed E-state index contributed by atoms with van der Waals surface area (Å²) in [4.78, 5) is 24.4. The molecule has 0 aliphatic rings. The van der Waals surface area contributed by atoms with Crippen LogP contribution in [0.4, 0.5) is 4.79 Å². The topological polar surface area (TPSA) is 85.2 Å². The van der Waals surface area contributed by atoms with Crippen LogP contribution in [0, 0.1) is 6.92 Å². The first-order chi connectivity index (χ1) is 12.4. The lowest BCUT2D eigenvalue weighted by Gasteiger charge is -2.33. The molecule has 2 N–H and O–H groups in total. The van der Waals surface area contributed by atoms with Crippen molar-refractivity contribution in [2.45, 2.75) is 65.5 Å². The Labute approximate surface area is 166 Å². The summed E-state index contributed by atoms with van der Waals surface area (Å²) in [5, 5.41) is 10.4. The first-order valence-corrected chi connectivity index (χ1v) is 9.47. The van der Waals surface area contributed by atoms with Crippen LogP contribution in [0.1, 0.15) is 58.7 Å². The minimum absolute atomic E-state index is 0.260. The first kappa shape index (κ1) is 23.0. The van der Waals surface area contributed by atoms with Crippen LogP contribution >= 0.6 is 11.6 Å². The van der Waals surface area contributed by atoms with Crippen molar-refractivity contribution in [2.24, 2.45) is 7.05 Å². The summed E-state index contributed by atoms with van der Waals surface area (Å²) >= 11 is 6.18. The Morgan fingerprint density at radius 3 is 2.30 bits per heavy atom. The summed E-state index contributed by atoms with van der Waals surface area (Å²) in [6.45, 7) is 11.4. The molecular weight excluding hydrogens is 368 g/mol. The van der Waals surface area contributed by atoms with Crippen LogP contribution in [0.25, 0.3) is 6.08 Å². The second-order valence-electron chi connectivity index (χ2n) is 7.58. The molecule has 1 aromatic heterocycles. The van der Waals surface area contributed by atoms with E-state index in [1.165, 1.54) is 6.08 Å². The fourth-order valence-electron chi connectivity index (χ4n) is 2.57. The molecule has 0 aliphatic carbocycles. The minimum atomic E-state index is -0.571. The molecule has 0 saturated carbocycles. The van der Waals surface area contributed by atoms with Crippen LogP contribution in [-0.2, 0) is 16.6 Å². The predicted octanol–water partition coefficient (Wildman–Crippen LogP) is 3.59. The second-order valence-corrected chi connectivity index (χ2v) is 7.94. The third-order valence-electron chi connectivity index (χ3n) is 4.31. The van der Waals surface area contributed by atoms with Gasteiger partial charge in [-0.3, -0.25) is 9.48 Å². The fourth-order valence-corrected chi connectivity index (χ4v) is 2.81. The maximum absolute atomic E-state index is 12.4. The molecule has 0 radical (unpaired) electrons. The molecule has 1 rings (SSSR count). The van der Waals surface area contributed by atoms with Gasteiger partial charge in [0.15, 0.2) is 0 Å². The van der Waals surface area contributed by atoms with Gasteiger partial charge in [-0.25, -0.2) is 4.79 Å². The van der Waals surface area contributed by atoms with Crippen LogP contribution in [0.2, 0.25) is 5.15 Å². The van der Waals surface area contributed by atoms with Gasteiger partial charge in [0.2, 0.25) is 5.91 Å². The van der Waals surface area contributed by atoms with E-state index >= 15 is 0 Å². The lowest BCUT2D eigenvalue weighted by atomic mass is 9.92. The maximum Gasteiger partial charge on any atom is 0.407 e. The molecule has 0 atom stereocenters. The van der Waals surface area contributed by atoms with E-state index < -0.39 is 17.2 Å². The van der Waals surface area contributed by atoms with Crippen molar-refractivity contribution in [1.29, 1.82) is 0 Å². The highest BCUT2D eigenvalue weighted by atomic mass is 35.5. The molecule has 0 spiro atoms. The van der Waals surface area contributed by atoms with Crippen LogP contribution in [0.5, 0.6) is 0 Å². The highest BCUT2D eigenvalue weighted by molar-refractivity contribution is 6.31. The first-order valence-electron chi connectivity index (χ1n) is 9.09. The zero-order valence-electron chi connectivity index (χ0n) is 17.3. The van der Waals surface area contributed by atoms with Crippen molar-refractivity contribution < 1.29 is 14.3 Å². The summed E-state index contributed by atoms with van der Waals surface area (Å²) in [6.07, 6.45) is 3.90. The largest absolute Gasteiger partial charge is 0.444 e. The summed E-state index contributed by atoms with van der Waals surface area (Å²) < 4.78 is 6.82. The summed E-state index contributed by atoms with van der Waals surface area (Å²) in [5.41, 5.74) is 0.319. The van der Waals surface area contributed by atoms with Crippen molar-refractivity contribution in [1.82, 2.24) is 20.4 Å². The zero-order chi connectivity index (χ0) is 20.8. The molecule has 152 valence electrons. The lowest BCUT2D eigenvalue weighted by Crippen LogP contribution is -2.55. The average Bonchev–Trinajstić information content (AvgIpc) is 2.80. The highest BCUT2D eigenvalue weighted by Gasteiger charge is 2.29. The minimum Gasteiger partial charge on any atom is -0.444 e. The summed E-state index contributed by atoms with van der Waals surface area (Å²) in [5.74, 6) is -0.260. The van der Waals surface area contributed by atoms with Gasteiger partial charge in [-0.1, -0.05) is 25.4 Å². The summed E-state index contributed by atoms with van der Waals surface area (Å²) in [6, 6.07) is 0. The molecular formula is C19H31ClN4O3. The molecule has 2 amide bonds. The number of hydrogen-bond donors (Lipinski definition) is 2. The normalized spacial score (nSPS) is 12.3. The molecule has 1 heterocycles. The number of halogens is 1. The Kier molecular flexibility index (Phi) is 7.90. The Bertz CT molecular complexity index is 701. The van der Waals surface area contributed by atoms with Crippen LogP contribution in [-0.4, -0.2) is 39.5 Å². The average molecular weight is 399 g/mol. The van der Waals surface area contributed by atoms with Crippen molar-refractivity contribution in [2.75, 3.05) is 6.54 Å². The lowest BCUT2D eigenvalue weighted by molar-refractivity contribution is -0.118. The van der Waals surface area contributed by atoms with E-state index in [2.05, 4.69) is 15.7 Å². The van der Waals surface area contributed by atoms with Crippen molar-refractivity contribution in [3.8, 4) is 0 Å². The van der Waals surface area contributed by atoms with E-state index in [0.717, 1.165) is 5.69 Å². The van der Waals surface area contributed by atoms with Gasteiger partial charge in [-0.2, -0.15) is 5.10 Å². The Morgan fingerprint density at radius 1 is 1.26 bits per heavy atom. The number of aryl methyl sites for hydroxylation is 2. The van der Waals surface area contributed by atoms with E-state index in [-0.39, 0.29) is 12.5 Å². The smallest absolute Gasteiger partial charge is 0.407 e. The van der Waals surface area contributed by atoms with Gasteiger partial charge in [0.25, 0.3) is 0 Å². The number of nitrogens with zero attached hydrogens (tertiary/aromatic N) is 2. The quantitative estimate of drug-likeness (QED) is 0.687. The number of hydrogen-bond acceptors (Lipinski definition) is 4. The Hall–Kier alpha value is -2.02. The molecule has 0 saturated heterocycles. The maximum atomic E-state index is 12.4. The van der Waals surface area contributed by atoms with Crippen LogP contribution in [0.15, 0.2) is 6.08 Å². The summed E-state index contributed by atoms with van der Waals surface area (Å²) in [7, 11) is 1.74. The number of nitrogens with one attached hydrogen (secondary N) is 2. The molecule has 0 aromatic carbocycles. The molecule has 0 fully saturated rings. The number of carbonyl (C=O) groups excluding carboxylic acids is 2. The van der Waals surface area contributed by atoms with E-state index in [9.17, 15) is 9.59 Å². The zero-order valence-corrected chi connectivity index (χ0v) is 18.0.